The molecule has 3 heteroatoms. The fourth-order valence-electron chi connectivity index (χ4n) is 2.59. The Hall–Kier alpha value is -1.35. The maximum Gasteiger partial charge on any atom is 0.335 e. The van der Waals surface area contributed by atoms with Gasteiger partial charge in [-0.2, -0.15) is 0 Å². The van der Waals surface area contributed by atoms with Crippen LogP contribution in [0.15, 0.2) is 18.2 Å². The van der Waals surface area contributed by atoms with E-state index < -0.39 is 5.97 Å². The summed E-state index contributed by atoms with van der Waals surface area (Å²) in [4.78, 5) is 13.6. The summed E-state index contributed by atoms with van der Waals surface area (Å²) in [5, 5.41) is 9.18. The maximum absolute atomic E-state index is 11.2. The van der Waals surface area contributed by atoms with Crippen molar-refractivity contribution >= 4 is 5.97 Å². The molecule has 0 spiro atoms. The van der Waals surface area contributed by atoms with E-state index in [0.717, 1.165) is 31.6 Å². The molecule has 1 unspecified atom stereocenters. The summed E-state index contributed by atoms with van der Waals surface area (Å²) in [5.74, 6) is -0.101. The van der Waals surface area contributed by atoms with E-state index in [1.807, 2.05) is 6.07 Å². The van der Waals surface area contributed by atoms with Crippen LogP contribution >= 0.6 is 0 Å². The SMILES string of the molecule is CCC(C)CN1CCc2c(cccc2C(=O)O)C1. The Labute approximate surface area is 108 Å². The van der Waals surface area contributed by atoms with Gasteiger partial charge in [-0.3, -0.25) is 4.90 Å². The van der Waals surface area contributed by atoms with Crippen LogP contribution in [0.4, 0.5) is 0 Å². The van der Waals surface area contributed by atoms with E-state index in [4.69, 9.17) is 0 Å². The van der Waals surface area contributed by atoms with Crippen LogP contribution in [0, 0.1) is 5.92 Å². The van der Waals surface area contributed by atoms with E-state index in [-0.39, 0.29) is 0 Å². The summed E-state index contributed by atoms with van der Waals surface area (Å²) in [6.07, 6.45) is 2.05. The molecule has 3 nitrogen and oxygen atoms in total. The van der Waals surface area contributed by atoms with Crippen LogP contribution in [0.3, 0.4) is 0 Å². The third kappa shape index (κ3) is 2.72. The van der Waals surface area contributed by atoms with Crippen molar-refractivity contribution < 1.29 is 9.90 Å². The predicted molar refractivity (Wildman–Crippen MR) is 71.8 cm³/mol. The van der Waals surface area contributed by atoms with E-state index in [1.54, 1.807) is 6.07 Å². The second kappa shape index (κ2) is 5.53. The van der Waals surface area contributed by atoms with Gasteiger partial charge in [-0.05, 0) is 29.5 Å². The second-order valence-corrected chi connectivity index (χ2v) is 5.25. The van der Waals surface area contributed by atoms with Crippen LogP contribution in [0.25, 0.3) is 0 Å². The number of hydrogen-bond donors (Lipinski definition) is 1. The standard InChI is InChI=1S/C15H21NO2/c1-3-11(2)9-16-8-7-13-12(10-16)5-4-6-14(13)15(17)18/h4-6,11H,3,7-10H2,1-2H3,(H,17,18). The predicted octanol–water partition coefficient (Wildman–Crippen LogP) is 2.79. The molecule has 2 rings (SSSR count). The van der Waals surface area contributed by atoms with Gasteiger partial charge in [0.15, 0.2) is 0 Å². The summed E-state index contributed by atoms with van der Waals surface area (Å²) in [6, 6.07) is 5.63. The van der Waals surface area contributed by atoms with Gasteiger partial charge < -0.3 is 5.11 Å². The third-order valence-corrected chi connectivity index (χ3v) is 3.84. The molecule has 1 heterocycles. The van der Waals surface area contributed by atoms with Crippen LogP contribution in [0.2, 0.25) is 0 Å². The highest BCUT2D eigenvalue weighted by Crippen LogP contribution is 2.23. The average Bonchev–Trinajstić information content (AvgIpc) is 2.37. The molecule has 1 aromatic carbocycles. The summed E-state index contributed by atoms with van der Waals surface area (Å²) in [7, 11) is 0. The number of carboxylic acid groups (broad SMARTS) is 1. The quantitative estimate of drug-likeness (QED) is 0.889. The number of carbonyl (C=O) groups is 1. The van der Waals surface area contributed by atoms with Crippen LogP contribution in [-0.4, -0.2) is 29.1 Å². The van der Waals surface area contributed by atoms with Crippen LogP contribution < -0.4 is 0 Å². The van der Waals surface area contributed by atoms with Crippen LogP contribution in [0.1, 0.15) is 41.8 Å². The zero-order valence-corrected chi connectivity index (χ0v) is 11.1. The highest BCUT2D eigenvalue weighted by molar-refractivity contribution is 5.89. The first-order valence-corrected chi connectivity index (χ1v) is 6.68. The lowest BCUT2D eigenvalue weighted by Gasteiger charge is -2.31. The summed E-state index contributed by atoms with van der Waals surface area (Å²) in [5.41, 5.74) is 2.70. The Morgan fingerprint density at radius 1 is 1.50 bits per heavy atom. The molecular weight excluding hydrogens is 226 g/mol. The molecule has 1 atom stereocenters. The molecule has 98 valence electrons. The summed E-state index contributed by atoms with van der Waals surface area (Å²) in [6.45, 7) is 7.45. The van der Waals surface area contributed by atoms with Crippen molar-refractivity contribution in [2.24, 2.45) is 5.92 Å². The molecular formula is C15H21NO2. The van der Waals surface area contributed by atoms with Crippen molar-refractivity contribution in [3.05, 3.63) is 34.9 Å². The average molecular weight is 247 g/mol. The second-order valence-electron chi connectivity index (χ2n) is 5.25. The van der Waals surface area contributed by atoms with Gasteiger partial charge in [-0.15, -0.1) is 0 Å². The summed E-state index contributed by atoms with van der Waals surface area (Å²) < 4.78 is 0. The fraction of sp³-hybridized carbons (Fsp3) is 0.533. The highest BCUT2D eigenvalue weighted by atomic mass is 16.4. The number of carboxylic acids is 1. The lowest BCUT2D eigenvalue weighted by atomic mass is 9.94. The fourth-order valence-corrected chi connectivity index (χ4v) is 2.59. The zero-order valence-electron chi connectivity index (χ0n) is 11.1. The molecule has 0 bridgehead atoms. The van der Waals surface area contributed by atoms with Gasteiger partial charge in [0.2, 0.25) is 0 Å². The Kier molecular flexibility index (Phi) is 4.02. The normalized spacial score (nSPS) is 17.2. The van der Waals surface area contributed by atoms with E-state index in [9.17, 15) is 9.90 Å². The smallest absolute Gasteiger partial charge is 0.335 e. The minimum Gasteiger partial charge on any atom is -0.478 e. The van der Waals surface area contributed by atoms with Crippen molar-refractivity contribution in [1.82, 2.24) is 4.90 Å². The first kappa shape index (κ1) is 13.1. The van der Waals surface area contributed by atoms with E-state index in [1.165, 1.54) is 12.0 Å². The van der Waals surface area contributed by atoms with Gasteiger partial charge in [0, 0.05) is 19.6 Å². The van der Waals surface area contributed by atoms with E-state index in [2.05, 4.69) is 24.8 Å². The van der Waals surface area contributed by atoms with Crippen molar-refractivity contribution in [2.45, 2.75) is 33.2 Å². The molecule has 1 aliphatic rings. The van der Waals surface area contributed by atoms with Crippen molar-refractivity contribution in [3.63, 3.8) is 0 Å². The first-order chi connectivity index (χ1) is 8.61. The lowest BCUT2D eigenvalue weighted by molar-refractivity contribution is 0.0694. The van der Waals surface area contributed by atoms with E-state index >= 15 is 0 Å². The van der Waals surface area contributed by atoms with Crippen molar-refractivity contribution in [2.75, 3.05) is 13.1 Å². The molecule has 0 radical (unpaired) electrons. The van der Waals surface area contributed by atoms with Gasteiger partial charge in [0.1, 0.15) is 0 Å². The minimum absolute atomic E-state index is 0.482. The topological polar surface area (TPSA) is 40.5 Å². The Morgan fingerprint density at radius 3 is 2.94 bits per heavy atom. The Morgan fingerprint density at radius 2 is 2.28 bits per heavy atom. The Balaban J connectivity index is 2.15. The van der Waals surface area contributed by atoms with E-state index in [0.29, 0.717) is 11.5 Å². The van der Waals surface area contributed by atoms with Crippen LogP contribution in [0.5, 0.6) is 0 Å². The van der Waals surface area contributed by atoms with Crippen LogP contribution in [-0.2, 0) is 13.0 Å². The first-order valence-electron chi connectivity index (χ1n) is 6.68. The molecule has 1 aromatic rings. The van der Waals surface area contributed by atoms with Gasteiger partial charge in [0.05, 0.1) is 5.56 Å². The molecule has 0 fully saturated rings. The molecule has 1 aliphatic heterocycles. The number of benzene rings is 1. The lowest BCUT2D eigenvalue weighted by Crippen LogP contribution is -2.34. The van der Waals surface area contributed by atoms with Gasteiger partial charge >= 0.3 is 5.97 Å². The third-order valence-electron chi connectivity index (χ3n) is 3.84. The number of fused-ring (bicyclic) bond motifs is 1. The molecule has 0 aromatic heterocycles. The van der Waals surface area contributed by atoms with Gasteiger partial charge in [0.25, 0.3) is 0 Å². The highest BCUT2D eigenvalue weighted by Gasteiger charge is 2.21. The molecule has 0 aliphatic carbocycles. The Bertz CT molecular complexity index is 442. The number of nitrogens with zero attached hydrogens (tertiary/aromatic N) is 1. The number of aromatic carboxylic acids is 1. The molecule has 0 amide bonds. The molecule has 0 saturated heterocycles. The van der Waals surface area contributed by atoms with Gasteiger partial charge in [-0.1, -0.05) is 32.4 Å². The number of rotatable bonds is 4. The largest absolute Gasteiger partial charge is 0.478 e. The molecule has 0 saturated carbocycles. The van der Waals surface area contributed by atoms with Crippen molar-refractivity contribution in [3.8, 4) is 0 Å². The maximum atomic E-state index is 11.2. The van der Waals surface area contributed by atoms with Crippen molar-refractivity contribution in [1.29, 1.82) is 0 Å². The summed E-state index contributed by atoms with van der Waals surface area (Å²) >= 11 is 0. The minimum atomic E-state index is -0.803. The monoisotopic (exact) mass is 247 g/mol. The van der Waals surface area contributed by atoms with Gasteiger partial charge in [-0.25, -0.2) is 4.79 Å². The number of hydrogen-bond acceptors (Lipinski definition) is 2. The zero-order chi connectivity index (χ0) is 13.1. The molecule has 18 heavy (non-hydrogen) atoms. The molecule has 1 N–H and O–H groups in total.